The van der Waals surface area contributed by atoms with Crippen LogP contribution in [0.25, 0.3) is 0 Å². The first-order valence-electron chi connectivity index (χ1n) is 6.38. The van der Waals surface area contributed by atoms with E-state index < -0.39 is 10.0 Å². The molecule has 0 saturated carbocycles. The molecule has 108 valence electrons. The standard InChI is InChI=1S/C13H18N4O2S/c1-3-14-12-6-4-5-7-13(12)20(18,19)17-10(2)11-8-15-16-9-11/h4-10,14,17H,3H2,1-2H3,(H,15,16). The van der Waals surface area contributed by atoms with E-state index in [2.05, 4.69) is 20.2 Å². The van der Waals surface area contributed by atoms with Gasteiger partial charge >= 0.3 is 0 Å². The van der Waals surface area contributed by atoms with E-state index in [0.29, 0.717) is 12.2 Å². The van der Waals surface area contributed by atoms with E-state index in [9.17, 15) is 8.42 Å². The number of para-hydroxylation sites is 1. The third kappa shape index (κ3) is 3.17. The smallest absolute Gasteiger partial charge is 0.243 e. The summed E-state index contributed by atoms with van der Waals surface area (Å²) in [6.07, 6.45) is 3.27. The van der Waals surface area contributed by atoms with Crippen molar-refractivity contribution < 1.29 is 8.42 Å². The number of hydrogen-bond donors (Lipinski definition) is 3. The number of aromatic nitrogens is 2. The van der Waals surface area contributed by atoms with Crippen molar-refractivity contribution in [1.82, 2.24) is 14.9 Å². The number of nitrogens with one attached hydrogen (secondary N) is 3. The van der Waals surface area contributed by atoms with Crippen molar-refractivity contribution in [2.24, 2.45) is 0 Å². The largest absolute Gasteiger partial charge is 0.384 e. The van der Waals surface area contributed by atoms with Crippen molar-refractivity contribution in [1.29, 1.82) is 0 Å². The zero-order chi connectivity index (χ0) is 14.6. The van der Waals surface area contributed by atoms with Gasteiger partial charge in [-0.2, -0.15) is 5.10 Å². The van der Waals surface area contributed by atoms with Crippen LogP contribution in [0.4, 0.5) is 5.69 Å². The Morgan fingerprint density at radius 2 is 2.10 bits per heavy atom. The van der Waals surface area contributed by atoms with Gasteiger partial charge in [0.05, 0.1) is 11.9 Å². The van der Waals surface area contributed by atoms with Crippen LogP contribution in [0.3, 0.4) is 0 Å². The van der Waals surface area contributed by atoms with E-state index in [4.69, 9.17) is 0 Å². The van der Waals surface area contributed by atoms with Gasteiger partial charge < -0.3 is 5.32 Å². The van der Waals surface area contributed by atoms with Crippen LogP contribution in [0.2, 0.25) is 0 Å². The van der Waals surface area contributed by atoms with Crippen molar-refractivity contribution >= 4 is 15.7 Å². The number of anilines is 1. The van der Waals surface area contributed by atoms with Crippen LogP contribution in [0.15, 0.2) is 41.6 Å². The summed E-state index contributed by atoms with van der Waals surface area (Å²) >= 11 is 0. The molecule has 7 heteroatoms. The third-order valence-corrected chi connectivity index (χ3v) is 4.49. The second-order valence-corrected chi connectivity index (χ2v) is 6.08. The lowest BCUT2D eigenvalue weighted by molar-refractivity contribution is 0.567. The predicted molar refractivity (Wildman–Crippen MR) is 77.9 cm³/mol. The van der Waals surface area contributed by atoms with Crippen molar-refractivity contribution in [3.63, 3.8) is 0 Å². The highest BCUT2D eigenvalue weighted by molar-refractivity contribution is 7.89. The zero-order valence-corrected chi connectivity index (χ0v) is 12.2. The Hall–Kier alpha value is -1.86. The number of aromatic amines is 1. The molecule has 6 nitrogen and oxygen atoms in total. The van der Waals surface area contributed by atoms with E-state index in [1.54, 1.807) is 43.6 Å². The van der Waals surface area contributed by atoms with E-state index in [-0.39, 0.29) is 10.9 Å². The molecule has 0 aliphatic heterocycles. The van der Waals surface area contributed by atoms with E-state index in [1.807, 2.05) is 6.92 Å². The monoisotopic (exact) mass is 294 g/mol. The molecule has 1 heterocycles. The summed E-state index contributed by atoms with van der Waals surface area (Å²) in [6, 6.07) is 6.49. The lowest BCUT2D eigenvalue weighted by Crippen LogP contribution is -2.27. The molecule has 0 aliphatic rings. The molecule has 1 atom stereocenters. The minimum Gasteiger partial charge on any atom is -0.384 e. The summed E-state index contributed by atoms with van der Waals surface area (Å²) in [6.45, 7) is 4.35. The molecule has 1 aromatic heterocycles. The summed E-state index contributed by atoms with van der Waals surface area (Å²) in [4.78, 5) is 0.247. The molecule has 0 radical (unpaired) electrons. The van der Waals surface area contributed by atoms with Gasteiger partial charge in [-0.25, -0.2) is 13.1 Å². The molecule has 1 aromatic carbocycles. The van der Waals surface area contributed by atoms with Gasteiger partial charge in [0.1, 0.15) is 4.90 Å². The summed E-state index contributed by atoms with van der Waals surface area (Å²) in [5, 5.41) is 9.54. The fourth-order valence-electron chi connectivity index (χ4n) is 1.90. The number of H-pyrrole nitrogens is 1. The van der Waals surface area contributed by atoms with Gasteiger partial charge in [-0.1, -0.05) is 12.1 Å². The molecule has 2 aromatic rings. The van der Waals surface area contributed by atoms with Crippen LogP contribution in [-0.4, -0.2) is 25.2 Å². The highest BCUT2D eigenvalue weighted by Crippen LogP contribution is 2.22. The molecule has 0 amide bonds. The fraction of sp³-hybridized carbons (Fsp3) is 0.308. The van der Waals surface area contributed by atoms with Gasteiger partial charge in [0.15, 0.2) is 0 Å². The first-order chi connectivity index (χ1) is 9.54. The van der Waals surface area contributed by atoms with Gasteiger partial charge in [0.25, 0.3) is 0 Å². The molecular formula is C13H18N4O2S. The minimum atomic E-state index is -3.59. The summed E-state index contributed by atoms with van der Waals surface area (Å²) in [7, 11) is -3.59. The van der Waals surface area contributed by atoms with Gasteiger partial charge in [-0.15, -0.1) is 0 Å². The maximum Gasteiger partial charge on any atom is 0.243 e. The van der Waals surface area contributed by atoms with Gasteiger partial charge in [-0.05, 0) is 26.0 Å². The van der Waals surface area contributed by atoms with Crippen molar-refractivity contribution in [2.45, 2.75) is 24.8 Å². The Labute approximate surface area is 118 Å². The van der Waals surface area contributed by atoms with Crippen LogP contribution < -0.4 is 10.0 Å². The van der Waals surface area contributed by atoms with Crippen molar-refractivity contribution in [3.8, 4) is 0 Å². The zero-order valence-electron chi connectivity index (χ0n) is 11.4. The summed E-state index contributed by atoms with van der Waals surface area (Å²) < 4.78 is 27.5. The van der Waals surface area contributed by atoms with Crippen LogP contribution >= 0.6 is 0 Å². The molecule has 2 rings (SSSR count). The molecule has 0 fully saturated rings. The quantitative estimate of drug-likeness (QED) is 0.759. The second kappa shape index (κ2) is 6.06. The Bertz CT molecular complexity index is 653. The summed E-state index contributed by atoms with van der Waals surface area (Å²) in [5.74, 6) is 0. The number of rotatable bonds is 6. The number of nitrogens with zero attached hydrogens (tertiary/aromatic N) is 1. The average molecular weight is 294 g/mol. The van der Waals surface area contributed by atoms with Crippen LogP contribution in [-0.2, 0) is 10.0 Å². The normalized spacial score (nSPS) is 13.1. The highest BCUT2D eigenvalue weighted by Gasteiger charge is 2.21. The van der Waals surface area contributed by atoms with Crippen LogP contribution in [0, 0.1) is 0 Å². The number of hydrogen-bond acceptors (Lipinski definition) is 4. The Kier molecular flexibility index (Phi) is 4.41. The van der Waals surface area contributed by atoms with Gasteiger partial charge in [-0.3, -0.25) is 5.10 Å². The van der Waals surface area contributed by atoms with Gasteiger partial charge in [0.2, 0.25) is 10.0 Å². The molecule has 3 N–H and O–H groups in total. The van der Waals surface area contributed by atoms with E-state index in [0.717, 1.165) is 5.56 Å². The minimum absolute atomic E-state index is 0.247. The van der Waals surface area contributed by atoms with Gasteiger partial charge in [0, 0.05) is 24.3 Å². The number of sulfonamides is 1. The SMILES string of the molecule is CCNc1ccccc1S(=O)(=O)NC(C)c1cn[nH]c1. The van der Waals surface area contributed by atoms with Crippen molar-refractivity contribution in [2.75, 3.05) is 11.9 Å². The van der Waals surface area contributed by atoms with E-state index >= 15 is 0 Å². The van der Waals surface area contributed by atoms with Crippen molar-refractivity contribution in [3.05, 3.63) is 42.2 Å². The highest BCUT2D eigenvalue weighted by atomic mass is 32.2. The van der Waals surface area contributed by atoms with Crippen LogP contribution in [0.5, 0.6) is 0 Å². The molecule has 20 heavy (non-hydrogen) atoms. The summed E-state index contributed by atoms with van der Waals surface area (Å²) in [5.41, 5.74) is 1.39. The predicted octanol–water partition coefficient (Wildman–Crippen LogP) is 1.88. The molecule has 0 bridgehead atoms. The maximum absolute atomic E-state index is 12.5. The molecule has 1 unspecified atom stereocenters. The maximum atomic E-state index is 12.5. The topological polar surface area (TPSA) is 86.9 Å². The first-order valence-corrected chi connectivity index (χ1v) is 7.87. The lowest BCUT2D eigenvalue weighted by Gasteiger charge is -2.15. The van der Waals surface area contributed by atoms with E-state index in [1.165, 1.54) is 0 Å². The lowest BCUT2D eigenvalue weighted by atomic mass is 10.2. The van der Waals surface area contributed by atoms with Crippen LogP contribution in [0.1, 0.15) is 25.5 Å². The second-order valence-electron chi connectivity index (χ2n) is 4.40. The Balaban J connectivity index is 2.27. The molecule has 0 saturated heterocycles. The third-order valence-electron chi connectivity index (χ3n) is 2.90. The molecule has 0 aliphatic carbocycles. The first kappa shape index (κ1) is 14.5. The molecular weight excluding hydrogens is 276 g/mol. The Morgan fingerprint density at radius 3 is 2.75 bits per heavy atom. The Morgan fingerprint density at radius 1 is 1.35 bits per heavy atom. The fourth-order valence-corrected chi connectivity index (χ4v) is 3.32. The number of benzene rings is 1. The average Bonchev–Trinajstić information content (AvgIpc) is 2.93. The molecule has 0 spiro atoms.